The number of aryl methyl sites for hydroxylation is 1. The number of benzene rings is 4. The first-order valence-electron chi connectivity index (χ1n) is 8.55. The third-order valence-electron chi connectivity index (χ3n) is 5.23. The molecule has 0 aliphatic rings. The maximum absolute atomic E-state index is 13.2. The highest BCUT2D eigenvalue weighted by molar-refractivity contribution is 7.25. The summed E-state index contributed by atoms with van der Waals surface area (Å²) in [4.78, 5) is 63.1. The Morgan fingerprint density at radius 3 is 1.83 bits per heavy atom. The molecule has 8 heteroatoms. The number of hydrogen-bond donors (Lipinski definition) is 0. The molecule has 0 bridgehead atoms. The van der Waals surface area contributed by atoms with Crippen molar-refractivity contribution in [1.29, 1.82) is 0 Å². The number of thiophene rings is 1. The van der Waals surface area contributed by atoms with Crippen LogP contribution >= 0.6 is 11.3 Å². The zero-order chi connectivity index (χ0) is 20.6. The summed E-state index contributed by atoms with van der Waals surface area (Å²) in [7, 11) is 0. The Morgan fingerprint density at radius 1 is 0.724 bits per heavy atom. The van der Waals surface area contributed by atoms with E-state index in [-0.39, 0.29) is 41.7 Å². The van der Waals surface area contributed by atoms with Crippen LogP contribution in [0.1, 0.15) is 5.56 Å². The average molecular weight is 403 g/mol. The summed E-state index contributed by atoms with van der Waals surface area (Å²) in [5.41, 5.74) is -2.16. The minimum absolute atomic E-state index is 0.0268. The summed E-state index contributed by atoms with van der Waals surface area (Å²) in [5, 5.41) is 11.2. The Labute approximate surface area is 163 Å². The van der Waals surface area contributed by atoms with E-state index < -0.39 is 32.3 Å². The maximum atomic E-state index is 13.2. The number of hydrogen-bond acceptors (Lipinski definition) is 7. The van der Waals surface area contributed by atoms with Gasteiger partial charge in [0.05, 0.1) is 25.1 Å². The normalized spacial score (nSPS) is 11.8. The molecule has 4 aromatic carbocycles. The lowest BCUT2D eigenvalue weighted by Gasteiger charge is -2.01. The Morgan fingerprint density at radius 2 is 1.24 bits per heavy atom. The summed E-state index contributed by atoms with van der Waals surface area (Å²) < 4.78 is -0.0760. The SMILES string of the molecule is Cc1cccc2c(=O)c3c(sc4c(=O)c5c([N+](=O)[O-])cccc5c(=O)c43)c(=O)c12. The number of nitrogens with zero attached hydrogens (tertiary/aromatic N) is 1. The van der Waals surface area contributed by atoms with E-state index in [0.717, 1.165) is 17.4 Å². The summed E-state index contributed by atoms with van der Waals surface area (Å²) in [6.45, 7) is 1.71. The largest absolute Gasteiger partial charge is 0.289 e. The Kier molecular flexibility index (Phi) is 3.36. The van der Waals surface area contributed by atoms with E-state index >= 15 is 0 Å². The minimum Gasteiger partial charge on any atom is -0.289 e. The molecule has 0 atom stereocenters. The van der Waals surface area contributed by atoms with Crippen molar-refractivity contribution in [2.75, 3.05) is 0 Å². The van der Waals surface area contributed by atoms with Crippen LogP contribution in [0.5, 0.6) is 0 Å². The van der Waals surface area contributed by atoms with E-state index in [1.54, 1.807) is 19.1 Å². The quantitative estimate of drug-likeness (QED) is 0.314. The first-order chi connectivity index (χ1) is 13.8. The molecule has 5 rings (SSSR count). The van der Waals surface area contributed by atoms with Gasteiger partial charge in [0, 0.05) is 22.2 Å². The number of non-ortho nitro benzene ring substituents is 1. The summed E-state index contributed by atoms with van der Waals surface area (Å²) >= 11 is 0.754. The second kappa shape index (κ2) is 5.62. The van der Waals surface area contributed by atoms with Gasteiger partial charge in [-0.3, -0.25) is 29.3 Å². The van der Waals surface area contributed by atoms with Gasteiger partial charge in [0.15, 0.2) is 10.9 Å². The van der Waals surface area contributed by atoms with E-state index in [2.05, 4.69) is 0 Å². The fourth-order valence-corrected chi connectivity index (χ4v) is 5.15. The molecule has 29 heavy (non-hydrogen) atoms. The van der Waals surface area contributed by atoms with E-state index in [0.29, 0.717) is 5.56 Å². The predicted octanol–water partition coefficient (Wildman–Crippen LogP) is 2.89. The van der Waals surface area contributed by atoms with Gasteiger partial charge in [-0.15, -0.1) is 11.3 Å². The number of fused-ring (bicyclic) bond motifs is 5. The topological polar surface area (TPSA) is 111 Å². The Balaban J connectivity index is 2.20. The van der Waals surface area contributed by atoms with Crippen LogP contribution < -0.4 is 21.7 Å². The molecule has 0 radical (unpaired) electrons. The van der Waals surface area contributed by atoms with Crippen molar-refractivity contribution in [2.24, 2.45) is 0 Å². The van der Waals surface area contributed by atoms with Crippen LogP contribution in [0.4, 0.5) is 5.69 Å². The molecule has 0 amide bonds. The molecule has 0 spiro atoms. The molecule has 0 aliphatic heterocycles. The van der Waals surface area contributed by atoms with Gasteiger partial charge in [-0.25, -0.2) is 0 Å². The highest BCUT2D eigenvalue weighted by atomic mass is 32.1. The molecule has 1 heterocycles. The van der Waals surface area contributed by atoms with Gasteiger partial charge in [0.1, 0.15) is 5.39 Å². The summed E-state index contributed by atoms with van der Waals surface area (Å²) in [6, 6.07) is 8.66. The van der Waals surface area contributed by atoms with Crippen molar-refractivity contribution in [1.82, 2.24) is 0 Å². The molecule has 0 saturated heterocycles. The van der Waals surface area contributed by atoms with E-state index in [9.17, 15) is 29.3 Å². The molecule has 1 aromatic heterocycles. The van der Waals surface area contributed by atoms with Gasteiger partial charge in [-0.1, -0.05) is 24.3 Å². The van der Waals surface area contributed by atoms with Crippen LogP contribution in [0.2, 0.25) is 0 Å². The van der Waals surface area contributed by atoms with Crippen LogP contribution in [0.3, 0.4) is 0 Å². The highest BCUT2D eigenvalue weighted by Crippen LogP contribution is 2.31. The zero-order valence-electron chi connectivity index (χ0n) is 14.8. The Hall–Kier alpha value is -3.78. The standard InChI is InChI=1S/C21H9NO6S/c1-8-4-2-5-9-12(8)18(25)20-14(16(9)23)15-17(24)10-6-3-7-11(22(27)28)13(10)19(26)21(15)29-20/h2-7H,1H3. The lowest BCUT2D eigenvalue weighted by atomic mass is 9.99. The fourth-order valence-electron chi connectivity index (χ4n) is 3.96. The van der Waals surface area contributed by atoms with Gasteiger partial charge in [-0.2, -0.15) is 0 Å². The first-order valence-corrected chi connectivity index (χ1v) is 9.37. The average Bonchev–Trinajstić information content (AvgIpc) is 3.11. The monoisotopic (exact) mass is 403 g/mol. The van der Waals surface area contributed by atoms with Crippen molar-refractivity contribution < 1.29 is 4.92 Å². The predicted molar refractivity (Wildman–Crippen MR) is 113 cm³/mol. The molecular weight excluding hydrogens is 394 g/mol. The van der Waals surface area contributed by atoms with Gasteiger partial charge >= 0.3 is 0 Å². The van der Waals surface area contributed by atoms with Crippen molar-refractivity contribution in [3.05, 3.63) is 93.0 Å². The number of nitro benzene ring substituents is 1. The molecule has 0 aliphatic carbocycles. The molecule has 0 unspecified atom stereocenters. The fraction of sp³-hybridized carbons (Fsp3) is 0.0476. The lowest BCUT2D eigenvalue weighted by molar-refractivity contribution is -0.383. The second-order valence-electron chi connectivity index (χ2n) is 6.78. The van der Waals surface area contributed by atoms with E-state index in [1.165, 1.54) is 18.2 Å². The molecule has 7 nitrogen and oxygen atoms in total. The lowest BCUT2D eigenvalue weighted by Crippen LogP contribution is -2.16. The molecule has 0 saturated carbocycles. The highest BCUT2D eigenvalue weighted by Gasteiger charge is 2.25. The molecule has 5 aromatic rings. The molecule has 0 fully saturated rings. The van der Waals surface area contributed by atoms with Crippen LogP contribution in [0.15, 0.2) is 55.6 Å². The minimum atomic E-state index is -0.724. The number of nitro groups is 1. The third-order valence-corrected chi connectivity index (χ3v) is 6.42. The van der Waals surface area contributed by atoms with Gasteiger partial charge in [-0.05, 0) is 18.6 Å². The first kappa shape index (κ1) is 17.3. The third kappa shape index (κ3) is 2.06. The summed E-state index contributed by atoms with van der Waals surface area (Å²) in [5.74, 6) is 0. The second-order valence-corrected chi connectivity index (χ2v) is 7.80. The van der Waals surface area contributed by atoms with E-state index in [1.807, 2.05) is 0 Å². The van der Waals surface area contributed by atoms with Gasteiger partial charge in [0.25, 0.3) is 5.69 Å². The van der Waals surface area contributed by atoms with Crippen LogP contribution in [-0.4, -0.2) is 4.92 Å². The maximum Gasteiger partial charge on any atom is 0.281 e. The van der Waals surface area contributed by atoms with Crippen molar-refractivity contribution in [2.45, 2.75) is 6.92 Å². The van der Waals surface area contributed by atoms with E-state index in [4.69, 9.17) is 0 Å². The number of rotatable bonds is 1. The van der Waals surface area contributed by atoms with Crippen LogP contribution in [-0.2, 0) is 0 Å². The van der Waals surface area contributed by atoms with Crippen molar-refractivity contribution in [3.8, 4) is 0 Å². The molecular formula is C21H9NO6S. The van der Waals surface area contributed by atoms with Crippen molar-refractivity contribution in [3.63, 3.8) is 0 Å². The molecule has 140 valence electrons. The van der Waals surface area contributed by atoms with Gasteiger partial charge < -0.3 is 0 Å². The van der Waals surface area contributed by atoms with Crippen LogP contribution in [0, 0.1) is 17.0 Å². The smallest absolute Gasteiger partial charge is 0.281 e. The summed E-state index contributed by atoms with van der Waals surface area (Å²) in [6.07, 6.45) is 0. The van der Waals surface area contributed by atoms with Gasteiger partial charge in [0.2, 0.25) is 10.9 Å². The van der Waals surface area contributed by atoms with Crippen LogP contribution in [0.25, 0.3) is 41.7 Å². The zero-order valence-corrected chi connectivity index (χ0v) is 15.6. The Bertz CT molecular complexity index is 1770. The van der Waals surface area contributed by atoms with Crippen molar-refractivity contribution >= 4 is 58.7 Å². The molecule has 0 N–H and O–H groups in total.